The van der Waals surface area contributed by atoms with Crippen molar-refractivity contribution in [3.05, 3.63) is 36.3 Å². The molecule has 8 nitrogen and oxygen atoms in total. The van der Waals surface area contributed by atoms with Gasteiger partial charge in [-0.2, -0.15) is 0 Å². The van der Waals surface area contributed by atoms with Crippen LogP contribution in [0.3, 0.4) is 0 Å². The normalized spacial score (nSPS) is 23.3. The lowest BCUT2D eigenvalue weighted by Gasteiger charge is -2.40. The van der Waals surface area contributed by atoms with Gasteiger partial charge in [0, 0.05) is 20.1 Å². The summed E-state index contributed by atoms with van der Waals surface area (Å²) in [5.41, 5.74) is 0. The van der Waals surface area contributed by atoms with Gasteiger partial charge in [-0.3, -0.25) is 14.3 Å². The van der Waals surface area contributed by atoms with E-state index in [9.17, 15) is 9.59 Å². The Morgan fingerprint density at radius 3 is 2.52 bits per heavy atom. The summed E-state index contributed by atoms with van der Waals surface area (Å²) in [6.45, 7) is 1.03. The molecule has 2 bridgehead atoms. The number of nitrogens with zero attached hydrogens (tertiary/aromatic N) is 5. The molecule has 0 N–H and O–H groups in total. The minimum atomic E-state index is -0.174. The first kappa shape index (κ1) is 14.0. The van der Waals surface area contributed by atoms with Crippen molar-refractivity contribution in [2.45, 2.75) is 24.9 Å². The molecule has 2 amide bonds. The second kappa shape index (κ2) is 5.22. The number of hydrogen-bond donors (Lipinski definition) is 0. The van der Waals surface area contributed by atoms with Gasteiger partial charge in [-0.05, 0) is 25.0 Å². The molecule has 2 aromatic heterocycles. The number of piperazine rings is 1. The van der Waals surface area contributed by atoms with E-state index in [1.54, 1.807) is 24.1 Å². The molecule has 2 aliphatic heterocycles. The third-order valence-corrected chi connectivity index (χ3v) is 4.53. The first-order valence-corrected chi connectivity index (χ1v) is 7.64. The van der Waals surface area contributed by atoms with Gasteiger partial charge in [0.2, 0.25) is 5.82 Å². The molecule has 0 spiro atoms. The summed E-state index contributed by atoms with van der Waals surface area (Å²) in [6.07, 6.45) is 4.81. The van der Waals surface area contributed by atoms with Crippen LogP contribution in [0.2, 0.25) is 0 Å². The maximum absolute atomic E-state index is 12.6. The molecule has 2 fully saturated rings. The summed E-state index contributed by atoms with van der Waals surface area (Å²) >= 11 is 0. The molecule has 2 atom stereocenters. The molecule has 2 aromatic rings. The van der Waals surface area contributed by atoms with Crippen LogP contribution in [-0.4, -0.2) is 61.6 Å². The van der Waals surface area contributed by atoms with E-state index in [2.05, 4.69) is 10.1 Å². The Morgan fingerprint density at radius 1 is 1.22 bits per heavy atom. The predicted molar refractivity (Wildman–Crippen MR) is 78.6 cm³/mol. The molecule has 8 heteroatoms. The zero-order valence-corrected chi connectivity index (χ0v) is 12.8. The van der Waals surface area contributed by atoms with Crippen molar-refractivity contribution in [3.8, 4) is 0 Å². The lowest BCUT2D eigenvalue weighted by molar-refractivity contribution is 0.0335. The van der Waals surface area contributed by atoms with Crippen molar-refractivity contribution >= 4 is 11.8 Å². The van der Waals surface area contributed by atoms with E-state index in [0.717, 1.165) is 12.8 Å². The maximum atomic E-state index is 12.6. The van der Waals surface area contributed by atoms with Crippen LogP contribution in [0, 0.1) is 0 Å². The van der Waals surface area contributed by atoms with Crippen LogP contribution >= 0.6 is 0 Å². The molecule has 0 aliphatic carbocycles. The van der Waals surface area contributed by atoms with E-state index in [1.807, 2.05) is 4.90 Å². The number of hydrogen-bond acceptors (Lipinski definition) is 5. The fourth-order valence-corrected chi connectivity index (χ4v) is 3.51. The number of carbonyl (C=O) groups is 2. The Bertz CT molecular complexity index is 724. The van der Waals surface area contributed by atoms with Gasteiger partial charge < -0.3 is 14.2 Å². The molecular formula is C15H17N5O3. The molecule has 0 aromatic carbocycles. The number of aromatic nitrogens is 3. The van der Waals surface area contributed by atoms with Gasteiger partial charge in [-0.25, -0.2) is 4.98 Å². The average Bonchev–Trinajstić information content (AvgIpc) is 3.26. The zero-order chi connectivity index (χ0) is 16.0. The number of fused-ring (bicyclic) bond motifs is 2. The first-order valence-electron chi connectivity index (χ1n) is 7.64. The summed E-state index contributed by atoms with van der Waals surface area (Å²) in [7, 11) is 1.73. The molecule has 23 heavy (non-hydrogen) atoms. The lowest BCUT2D eigenvalue weighted by atomic mass is 10.1. The second-order valence-electron chi connectivity index (χ2n) is 6.03. The quantitative estimate of drug-likeness (QED) is 0.807. The van der Waals surface area contributed by atoms with Crippen molar-refractivity contribution in [2.24, 2.45) is 7.05 Å². The third-order valence-electron chi connectivity index (χ3n) is 4.53. The van der Waals surface area contributed by atoms with Gasteiger partial charge in [0.1, 0.15) is 6.33 Å². The van der Waals surface area contributed by atoms with E-state index in [4.69, 9.17) is 4.42 Å². The number of aryl methyl sites for hydroxylation is 1. The summed E-state index contributed by atoms with van der Waals surface area (Å²) in [4.78, 5) is 32.7. The fourth-order valence-electron chi connectivity index (χ4n) is 3.51. The van der Waals surface area contributed by atoms with Crippen LogP contribution in [0.15, 0.2) is 29.1 Å². The number of furan rings is 1. The smallest absolute Gasteiger partial charge is 0.293 e. The van der Waals surface area contributed by atoms with Crippen LogP contribution in [0.4, 0.5) is 0 Å². The Kier molecular flexibility index (Phi) is 3.17. The standard InChI is InChI=1S/C15H17N5O3/c1-18-9-16-13(17-18)15(22)19-7-10-4-5-11(8-19)20(10)14(21)12-3-2-6-23-12/h2-3,6,9-11H,4-5,7-8H2,1H3. The van der Waals surface area contributed by atoms with E-state index in [-0.39, 0.29) is 29.7 Å². The Morgan fingerprint density at radius 2 is 1.96 bits per heavy atom. The van der Waals surface area contributed by atoms with Gasteiger partial charge in [-0.15, -0.1) is 5.10 Å². The van der Waals surface area contributed by atoms with Crippen LogP contribution < -0.4 is 0 Å². The minimum Gasteiger partial charge on any atom is -0.459 e. The van der Waals surface area contributed by atoms with Crippen molar-refractivity contribution < 1.29 is 14.0 Å². The van der Waals surface area contributed by atoms with E-state index >= 15 is 0 Å². The summed E-state index contributed by atoms with van der Waals surface area (Å²) < 4.78 is 6.74. The summed E-state index contributed by atoms with van der Waals surface area (Å²) in [6, 6.07) is 3.44. The maximum Gasteiger partial charge on any atom is 0.293 e. The molecule has 2 aliphatic rings. The van der Waals surface area contributed by atoms with E-state index in [1.165, 1.54) is 17.3 Å². The lowest BCUT2D eigenvalue weighted by Crippen LogP contribution is -2.57. The Hall–Kier alpha value is -2.64. The van der Waals surface area contributed by atoms with Crippen LogP contribution in [0.25, 0.3) is 0 Å². The summed E-state index contributed by atoms with van der Waals surface area (Å²) in [5.74, 6) is 0.295. The number of carbonyl (C=O) groups excluding carboxylic acids is 2. The number of likely N-dealkylation sites (tertiary alicyclic amines) is 1. The van der Waals surface area contributed by atoms with Crippen molar-refractivity contribution in [3.63, 3.8) is 0 Å². The van der Waals surface area contributed by atoms with Crippen molar-refractivity contribution in [2.75, 3.05) is 13.1 Å². The van der Waals surface area contributed by atoms with Crippen molar-refractivity contribution in [1.29, 1.82) is 0 Å². The third kappa shape index (κ3) is 2.30. The highest BCUT2D eigenvalue weighted by molar-refractivity contribution is 5.93. The van der Waals surface area contributed by atoms with Crippen LogP contribution in [0.5, 0.6) is 0 Å². The molecule has 0 radical (unpaired) electrons. The monoisotopic (exact) mass is 315 g/mol. The Balaban J connectivity index is 1.52. The highest BCUT2D eigenvalue weighted by Crippen LogP contribution is 2.32. The second-order valence-corrected chi connectivity index (χ2v) is 6.03. The van der Waals surface area contributed by atoms with Gasteiger partial charge in [0.15, 0.2) is 5.76 Å². The Labute approximate surface area is 132 Å². The molecule has 0 saturated carbocycles. The largest absolute Gasteiger partial charge is 0.459 e. The molecule has 2 unspecified atom stereocenters. The predicted octanol–water partition coefficient (Wildman–Crippen LogP) is 0.537. The van der Waals surface area contributed by atoms with Gasteiger partial charge >= 0.3 is 0 Å². The minimum absolute atomic E-state index is 0.0269. The molecule has 4 heterocycles. The first-order chi connectivity index (χ1) is 11.1. The van der Waals surface area contributed by atoms with Crippen LogP contribution in [-0.2, 0) is 7.05 Å². The highest BCUT2D eigenvalue weighted by Gasteiger charge is 2.45. The molecule has 4 rings (SSSR count). The van der Waals surface area contributed by atoms with E-state index in [0.29, 0.717) is 18.8 Å². The zero-order valence-electron chi connectivity index (χ0n) is 12.8. The molecule has 120 valence electrons. The molecule has 2 saturated heterocycles. The number of rotatable bonds is 2. The van der Waals surface area contributed by atoms with Crippen LogP contribution in [0.1, 0.15) is 34.0 Å². The highest BCUT2D eigenvalue weighted by atomic mass is 16.3. The van der Waals surface area contributed by atoms with Gasteiger partial charge in [0.25, 0.3) is 11.8 Å². The number of amides is 2. The SMILES string of the molecule is Cn1cnc(C(=O)N2CC3CCC(C2)N3C(=O)c2ccco2)n1. The topological polar surface area (TPSA) is 84.5 Å². The van der Waals surface area contributed by atoms with Gasteiger partial charge in [0.05, 0.1) is 18.3 Å². The van der Waals surface area contributed by atoms with E-state index < -0.39 is 0 Å². The molecular weight excluding hydrogens is 298 g/mol. The summed E-state index contributed by atoms with van der Waals surface area (Å²) in [5, 5.41) is 4.07. The average molecular weight is 315 g/mol. The fraction of sp³-hybridized carbons (Fsp3) is 0.467. The van der Waals surface area contributed by atoms with Gasteiger partial charge in [-0.1, -0.05) is 0 Å². The van der Waals surface area contributed by atoms with Crippen molar-refractivity contribution in [1.82, 2.24) is 24.6 Å².